The van der Waals surface area contributed by atoms with Gasteiger partial charge in [-0.2, -0.15) is 22.0 Å². The van der Waals surface area contributed by atoms with Gasteiger partial charge in [-0.3, -0.25) is 0 Å². The quantitative estimate of drug-likeness (QED) is 0.314. The van der Waals surface area contributed by atoms with E-state index in [4.69, 9.17) is 0 Å². The molecule has 12 heavy (non-hydrogen) atoms. The average molecular weight is 232 g/mol. The first-order valence-electron chi connectivity index (χ1n) is 2.41. The molecule has 1 rings (SSSR count). The Hall–Kier alpha value is 0.150. The van der Waals surface area contributed by atoms with Crippen LogP contribution in [0.4, 0.5) is 22.0 Å². The molecule has 0 aliphatic carbocycles. The highest BCUT2D eigenvalue weighted by Gasteiger charge is 2.77. The Labute approximate surface area is 72.7 Å². The van der Waals surface area contributed by atoms with Gasteiger partial charge in [-0.05, 0) is 5.06 Å². The van der Waals surface area contributed by atoms with Crippen molar-refractivity contribution in [2.24, 2.45) is 0 Å². The first-order chi connectivity index (χ1) is 5.09. The zero-order valence-corrected chi connectivity index (χ0v) is 6.51. The van der Waals surface area contributed by atoms with Crippen LogP contribution >= 0.6 is 23.2 Å². The van der Waals surface area contributed by atoms with Crippen LogP contribution in [0.15, 0.2) is 0 Å². The number of hydrogen-bond acceptors (Lipinski definition) is 2. The maximum atomic E-state index is 12.3. The number of hydroxylamine groups is 2. The van der Waals surface area contributed by atoms with Crippen molar-refractivity contribution in [2.75, 3.05) is 0 Å². The molecule has 1 fully saturated rings. The summed E-state index contributed by atoms with van der Waals surface area (Å²) in [5.41, 5.74) is 0. The number of hydrogen-bond donors (Lipinski definition) is 0. The lowest BCUT2D eigenvalue weighted by Gasteiger charge is -2.19. The third kappa shape index (κ3) is 1.46. The van der Waals surface area contributed by atoms with Gasteiger partial charge in [-0.1, -0.05) is 23.2 Å². The molecule has 1 aliphatic rings. The minimum absolute atomic E-state index is 1.22. The molecule has 0 spiro atoms. The van der Waals surface area contributed by atoms with Gasteiger partial charge in [0, 0.05) is 0 Å². The van der Waals surface area contributed by atoms with Gasteiger partial charge in [-0.15, -0.1) is 0 Å². The molecule has 1 saturated heterocycles. The number of rotatable bonds is 2. The summed E-state index contributed by atoms with van der Waals surface area (Å²) < 4.78 is 56.1. The van der Waals surface area contributed by atoms with Crippen molar-refractivity contribution < 1.29 is 26.8 Å². The fourth-order valence-corrected chi connectivity index (χ4v) is 0.579. The molecule has 0 bridgehead atoms. The fraction of sp³-hybridized carbons (Fsp3) is 1.00. The van der Waals surface area contributed by atoms with Crippen LogP contribution in [0, 0.1) is 0 Å². The van der Waals surface area contributed by atoms with Gasteiger partial charge in [0.05, 0.1) is 0 Å². The van der Waals surface area contributed by atoms with E-state index < -0.39 is 21.9 Å². The van der Waals surface area contributed by atoms with Crippen LogP contribution in [-0.4, -0.2) is 21.9 Å². The van der Waals surface area contributed by atoms with E-state index in [0.29, 0.717) is 0 Å². The van der Waals surface area contributed by atoms with Crippen molar-refractivity contribution >= 4 is 23.2 Å². The summed E-state index contributed by atoms with van der Waals surface area (Å²) >= 11 is 8.56. The van der Waals surface area contributed by atoms with E-state index in [1.54, 1.807) is 0 Å². The predicted octanol–water partition coefficient (Wildman–Crippen LogP) is 2.48. The highest BCUT2D eigenvalue weighted by Crippen LogP contribution is 2.53. The number of halogens is 7. The Morgan fingerprint density at radius 2 is 1.50 bits per heavy atom. The molecule has 1 heterocycles. The van der Waals surface area contributed by atoms with Crippen molar-refractivity contribution in [3.8, 4) is 0 Å². The second-order valence-corrected chi connectivity index (χ2v) is 3.15. The third-order valence-electron chi connectivity index (χ3n) is 1.00. The van der Waals surface area contributed by atoms with Crippen LogP contribution in [0.5, 0.6) is 0 Å². The Balaban J connectivity index is 2.76. The zero-order chi connectivity index (χ0) is 9.78. The summed E-state index contributed by atoms with van der Waals surface area (Å²) in [5, 5.41) is -1.22. The second kappa shape index (κ2) is 2.34. The molecule has 0 aromatic rings. The summed E-state index contributed by atoms with van der Waals surface area (Å²) in [7, 11) is 0. The highest BCUT2D eigenvalue weighted by molar-refractivity contribution is 6.47. The average Bonchev–Trinajstić information content (AvgIpc) is 2.37. The standard InChI is InChI=1S/C3Cl2F5NO/c4-1(5,6)2(7,8)11-3(9,10)12-11. The molecular weight excluding hydrogens is 232 g/mol. The molecule has 0 radical (unpaired) electrons. The van der Waals surface area contributed by atoms with Crippen molar-refractivity contribution in [1.29, 1.82) is 0 Å². The van der Waals surface area contributed by atoms with Gasteiger partial charge >= 0.3 is 16.9 Å². The molecule has 0 aromatic carbocycles. The highest BCUT2D eigenvalue weighted by atomic mass is 35.5. The molecular formula is C3Cl2F5NO. The van der Waals surface area contributed by atoms with E-state index in [2.05, 4.69) is 28.0 Å². The minimum atomic E-state index is -4.79. The van der Waals surface area contributed by atoms with Crippen molar-refractivity contribution in [1.82, 2.24) is 5.06 Å². The second-order valence-electron chi connectivity index (χ2n) is 1.91. The van der Waals surface area contributed by atoms with Crippen LogP contribution in [0.1, 0.15) is 0 Å². The zero-order valence-electron chi connectivity index (χ0n) is 5.00. The largest absolute Gasteiger partial charge is 0.469 e. The Bertz CT molecular complexity index is 203. The van der Waals surface area contributed by atoms with Crippen LogP contribution in [0.2, 0.25) is 0 Å². The molecule has 1 aliphatic heterocycles. The SMILES string of the molecule is FC1(F)ON1C(F)(F)C(F)(Cl)Cl. The van der Waals surface area contributed by atoms with Crippen molar-refractivity contribution in [3.63, 3.8) is 0 Å². The van der Waals surface area contributed by atoms with E-state index in [0.717, 1.165) is 0 Å². The maximum Gasteiger partial charge on any atom is 0.469 e. The van der Waals surface area contributed by atoms with Crippen LogP contribution in [0.3, 0.4) is 0 Å². The summed E-state index contributed by atoms with van der Waals surface area (Å²) in [6.45, 7) is 0. The molecule has 72 valence electrons. The van der Waals surface area contributed by atoms with Gasteiger partial charge in [-0.25, -0.2) is 4.84 Å². The van der Waals surface area contributed by atoms with E-state index in [1.807, 2.05) is 0 Å². The topological polar surface area (TPSA) is 15.5 Å². The van der Waals surface area contributed by atoms with Crippen molar-refractivity contribution in [3.05, 3.63) is 0 Å². The van der Waals surface area contributed by atoms with Crippen LogP contribution < -0.4 is 0 Å². The molecule has 0 saturated carbocycles. The lowest BCUT2D eigenvalue weighted by Crippen LogP contribution is -2.43. The number of nitrogens with zero attached hydrogens (tertiary/aromatic N) is 1. The fourth-order valence-electron chi connectivity index (χ4n) is 0.425. The van der Waals surface area contributed by atoms with Gasteiger partial charge < -0.3 is 0 Å². The molecule has 2 nitrogen and oxygen atoms in total. The summed E-state index contributed by atoms with van der Waals surface area (Å²) in [6.07, 6.45) is -4.22. The Morgan fingerprint density at radius 1 is 1.17 bits per heavy atom. The van der Waals surface area contributed by atoms with Gasteiger partial charge in [0.15, 0.2) is 0 Å². The molecule has 0 N–H and O–H groups in total. The minimum Gasteiger partial charge on any atom is -0.200 e. The van der Waals surface area contributed by atoms with Crippen molar-refractivity contribution in [2.45, 2.75) is 16.9 Å². The van der Waals surface area contributed by atoms with E-state index in [1.165, 1.54) is 0 Å². The van der Waals surface area contributed by atoms with Gasteiger partial charge in [0.25, 0.3) is 0 Å². The lowest BCUT2D eigenvalue weighted by atomic mass is 10.6. The molecule has 1 unspecified atom stereocenters. The van der Waals surface area contributed by atoms with Crippen LogP contribution in [-0.2, 0) is 4.84 Å². The Morgan fingerprint density at radius 3 is 1.58 bits per heavy atom. The van der Waals surface area contributed by atoms with E-state index >= 15 is 0 Å². The van der Waals surface area contributed by atoms with E-state index in [-0.39, 0.29) is 0 Å². The first kappa shape index (κ1) is 10.2. The van der Waals surface area contributed by atoms with Gasteiger partial charge in [0.2, 0.25) is 0 Å². The van der Waals surface area contributed by atoms with Crippen LogP contribution in [0.25, 0.3) is 0 Å². The first-order valence-corrected chi connectivity index (χ1v) is 3.16. The molecule has 0 amide bonds. The maximum absolute atomic E-state index is 12.3. The summed E-state index contributed by atoms with van der Waals surface area (Å²) in [4.78, 5) is 3.04. The third-order valence-corrected chi connectivity index (χ3v) is 1.46. The summed E-state index contributed by atoms with van der Waals surface area (Å²) in [5.74, 6) is 0. The molecule has 0 aromatic heterocycles. The van der Waals surface area contributed by atoms with E-state index in [9.17, 15) is 22.0 Å². The molecule has 9 heteroatoms. The predicted molar refractivity (Wildman–Crippen MR) is 28.4 cm³/mol. The smallest absolute Gasteiger partial charge is 0.200 e. The summed E-state index contributed by atoms with van der Waals surface area (Å²) in [6, 6.07) is -4.79. The van der Waals surface area contributed by atoms with Gasteiger partial charge in [0.1, 0.15) is 0 Å². The monoisotopic (exact) mass is 231 g/mol. The normalized spacial score (nSPS) is 28.8. The lowest BCUT2D eigenvalue weighted by molar-refractivity contribution is -0.196. The molecule has 1 atom stereocenters. The number of alkyl halides is 7. The Kier molecular flexibility index (Phi) is 2.00.